The fourth-order valence-electron chi connectivity index (χ4n) is 10.4. The highest BCUT2D eigenvalue weighted by Crippen LogP contribution is 2.50. The maximum atomic E-state index is 2.70. The van der Waals surface area contributed by atoms with Crippen LogP contribution in [0, 0.1) is 0 Å². The smallest absolute Gasteiger partial charge is 0.0656 e. The zero-order valence-electron chi connectivity index (χ0n) is 42.2. The fraction of sp³-hybridized carbons (Fsp3) is 0.500. The minimum Gasteiger partial charge on any atom is -0.0656 e. The minimum atomic E-state index is -1.53. The van der Waals surface area contributed by atoms with Crippen LogP contribution in [0.15, 0.2) is 71.8 Å². The maximum absolute atomic E-state index is 2.70. The summed E-state index contributed by atoms with van der Waals surface area (Å²) in [7, 11) is -6.49. The second-order valence-electron chi connectivity index (χ2n) is 23.9. The Morgan fingerprint density at radius 2 is 0.770 bits per heavy atom. The van der Waals surface area contributed by atoms with Gasteiger partial charge in [-0.25, -0.2) is 0 Å². The highest BCUT2D eigenvalue weighted by Gasteiger charge is 2.34. The van der Waals surface area contributed by atoms with Crippen LogP contribution in [-0.4, -0.2) is 41.8 Å². The van der Waals surface area contributed by atoms with E-state index in [1.807, 2.05) is 0 Å². The third kappa shape index (κ3) is 10.2. The highest BCUT2D eigenvalue weighted by atomic mass is 28.3. The van der Waals surface area contributed by atoms with Gasteiger partial charge in [0.1, 0.15) is 0 Å². The predicted molar refractivity (Wildman–Crippen MR) is 293 cm³/mol. The van der Waals surface area contributed by atoms with E-state index in [1.54, 1.807) is 65.3 Å². The number of fused-ring (bicyclic) bond motifs is 2. The second kappa shape index (κ2) is 18.1. The molecular formula is C56H84Si5. The lowest BCUT2D eigenvalue weighted by Gasteiger charge is -2.27. The van der Waals surface area contributed by atoms with E-state index in [4.69, 9.17) is 0 Å². The Bertz CT molecular complexity index is 2080. The van der Waals surface area contributed by atoms with E-state index in [0.29, 0.717) is 23.7 Å². The molecule has 0 saturated heterocycles. The van der Waals surface area contributed by atoms with Gasteiger partial charge in [0.25, 0.3) is 0 Å². The molecule has 6 rings (SSSR count). The molecule has 2 aliphatic carbocycles. The van der Waals surface area contributed by atoms with Gasteiger partial charge in [-0.15, -0.1) is 0 Å². The normalized spacial score (nSPS) is 17.2. The molecule has 0 spiro atoms. The van der Waals surface area contributed by atoms with E-state index in [-0.39, 0.29) is 9.52 Å². The standard InChI is InChI=1S/C56H84Si5/c1-19-21-39-31-51-49(25-23-47(37(3)4)55(51)41-27-43(58(7,8)9)33-44(28-41)59(10,11)12)53(39)35-57-36-54-40(22-20-2)32-52-50(54)26-24-48(38(5)6)56(52)42-29-45(60(13,14)15)34-46(30-42)61(16,17)18/h23-34,37-38,53-54H,19-22,35-36,57H2,1-18H3. The van der Waals surface area contributed by atoms with Crippen molar-refractivity contribution in [3.05, 3.63) is 105 Å². The summed E-state index contributed by atoms with van der Waals surface area (Å²) < 4.78 is 0. The summed E-state index contributed by atoms with van der Waals surface area (Å²) in [5.74, 6) is 2.10. The van der Waals surface area contributed by atoms with Gasteiger partial charge in [-0.1, -0.05) is 250 Å². The van der Waals surface area contributed by atoms with E-state index in [2.05, 4.69) is 193 Å². The van der Waals surface area contributed by atoms with Crippen LogP contribution in [0.5, 0.6) is 0 Å². The van der Waals surface area contributed by atoms with Crippen molar-refractivity contribution in [3.63, 3.8) is 0 Å². The summed E-state index contributed by atoms with van der Waals surface area (Å²) in [6.45, 7) is 44.8. The second-order valence-corrected chi connectivity index (χ2v) is 46.1. The molecule has 0 nitrogen and oxygen atoms in total. The van der Waals surface area contributed by atoms with Gasteiger partial charge in [0.2, 0.25) is 0 Å². The highest BCUT2D eigenvalue weighted by molar-refractivity contribution is 6.92. The Hall–Kier alpha value is -2.56. The first-order chi connectivity index (χ1) is 28.3. The molecule has 0 saturated carbocycles. The molecule has 0 aliphatic heterocycles. The van der Waals surface area contributed by atoms with Crippen molar-refractivity contribution in [1.29, 1.82) is 0 Å². The molecule has 0 fully saturated rings. The first-order valence-electron chi connectivity index (χ1n) is 24.4. The fourth-order valence-corrected chi connectivity index (χ4v) is 17.8. The van der Waals surface area contributed by atoms with Crippen LogP contribution < -0.4 is 20.7 Å². The summed E-state index contributed by atoms with van der Waals surface area (Å²) in [5.41, 5.74) is 18.9. The van der Waals surface area contributed by atoms with Gasteiger partial charge in [0, 0.05) is 21.4 Å². The third-order valence-corrected chi connectivity index (χ3v) is 24.2. The van der Waals surface area contributed by atoms with Crippen LogP contribution in [0.4, 0.5) is 0 Å². The molecule has 0 aromatic heterocycles. The zero-order valence-corrected chi connectivity index (χ0v) is 47.6. The molecule has 0 bridgehead atoms. The van der Waals surface area contributed by atoms with Gasteiger partial charge < -0.3 is 0 Å². The van der Waals surface area contributed by atoms with Crippen molar-refractivity contribution in [2.45, 2.75) is 182 Å². The van der Waals surface area contributed by atoms with E-state index in [9.17, 15) is 0 Å². The summed E-state index contributed by atoms with van der Waals surface area (Å²) in [4.78, 5) is 0. The van der Waals surface area contributed by atoms with E-state index in [1.165, 1.54) is 60.0 Å². The van der Waals surface area contributed by atoms with Crippen molar-refractivity contribution in [1.82, 2.24) is 0 Å². The Kier molecular flexibility index (Phi) is 14.2. The Morgan fingerprint density at radius 1 is 0.459 bits per heavy atom. The number of allylic oxidation sites excluding steroid dienone is 2. The first kappa shape index (κ1) is 47.9. The molecular weight excluding hydrogens is 813 g/mol. The quantitative estimate of drug-likeness (QED) is 0.0983. The van der Waals surface area contributed by atoms with Gasteiger partial charge in [-0.2, -0.15) is 0 Å². The van der Waals surface area contributed by atoms with Crippen LogP contribution in [0.1, 0.15) is 124 Å². The van der Waals surface area contributed by atoms with E-state index in [0.717, 1.165) is 0 Å². The Morgan fingerprint density at radius 3 is 1.03 bits per heavy atom. The SMILES string of the molecule is CCCC1=Cc2c(ccc(C(C)C)c2-c2cc([Si](C)(C)C)cc([Si](C)(C)C)c2)C1C[SiH2]CC1C(CCC)=Cc2c1ccc(C(C)C)c2-c1cc([Si](C)(C)C)cc([Si](C)(C)C)c1. The summed E-state index contributed by atoms with van der Waals surface area (Å²) in [6, 6.07) is 28.7. The lowest BCUT2D eigenvalue weighted by Crippen LogP contribution is -2.45. The summed E-state index contributed by atoms with van der Waals surface area (Å²) in [6.07, 6.45) is 10.3. The Balaban J connectivity index is 1.41. The number of rotatable bonds is 16. The maximum Gasteiger partial charge on any atom is 0.0776 e. The zero-order chi connectivity index (χ0) is 45.0. The molecule has 4 aromatic carbocycles. The monoisotopic (exact) mass is 897 g/mol. The van der Waals surface area contributed by atoms with Gasteiger partial charge in [-0.3, -0.25) is 0 Å². The van der Waals surface area contributed by atoms with Crippen molar-refractivity contribution < 1.29 is 0 Å². The molecule has 328 valence electrons. The molecule has 5 heteroatoms. The van der Waals surface area contributed by atoms with Crippen molar-refractivity contribution in [3.8, 4) is 22.3 Å². The summed E-state index contributed by atoms with van der Waals surface area (Å²) >= 11 is 0. The molecule has 61 heavy (non-hydrogen) atoms. The minimum absolute atomic E-state index is 0.385. The molecule has 0 N–H and O–H groups in total. The molecule has 2 atom stereocenters. The topological polar surface area (TPSA) is 0 Å². The van der Waals surface area contributed by atoms with Crippen LogP contribution in [0.3, 0.4) is 0 Å². The van der Waals surface area contributed by atoms with Gasteiger partial charge >= 0.3 is 0 Å². The average Bonchev–Trinajstić information content (AvgIpc) is 3.69. The summed E-state index contributed by atoms with van der Waals surface area (Å²) in [5, 5.41) is 6.47. The molecule has 0 heterocycles. The third-order valence-electron chi connectivity index (χ3n) is 14.1. The van der Waals surface area contributed by atoms with Crippen molar-refractivity contribution in [2.24, 2.45) is 0 Å². The van der Waals surface area contributed by atoms with Crippen LogP contribution in [0.2, 0.25) is 90.7 Å². The van der Waals surface area contributed by atoms with Crippen LogP contribution in [0.25, 0.3) is 34.4 Å². The van der Waals surface area contributed by atoms with E-state index < -0.39 is 32.3 Å². The van der Waals surface area contributed by atoms with Crippen LogP contribution in [-0.2, 0) is 0 Å². The number of hydrogen-bond donors (Lipinski definition) is 0. The molecule has 0 amide bonds. The molecule has 4 aromatic rings. The van der Waals surface area contributed by atoms with Gasteiger partial charge in [0.15, 0.2) is 0 Å². The largest absolute Gasteiger partial charge is 0.0776 e. The molecule has 2 unspecified atom stereocenters. The first-order valence-corrected chi connectivity index (χ1v) is 40.4. The van der Waals surface area contributed by atoms with Gasteiger partial charge in [-0.05, 0) is 80.3 Å². The Labute approximate surface area is 381 Å². The van der Waals surface area contributed by atoms with Crippen molar-refractivity contribution >= 4 is 74.7 Å². The molecule has 0 radical (unpaired) electrons. The predicted octanol–water partition coefficient (Wildman–Crippen LogP) is 14.7. The molecule has 2 aliphatic rings. The number of hydrogen-bond acceptors (Lipinski definition) is 0. The van der Waals surface area contributed by atoms with E-state index >= 15 is 0 Å². The van der Waals surface area contributed by atoms with Crippen molar-refractivity contribution in [2.75, 3.05) is 0 Å². The lowest BCUT2D eigenvalue weighted by atomic mass is 9.85. The number of benzene rings is 4. The van der Waals surface area contributed by atoms with Crippen LogP contribution >= 0.6 is 0 Å². The average molecular weight is 898 g/mol. The van der Waals surface area contributed by atoms with Gasteiger partial charge in [0.05, 0.1) is 32.3 Å². The lowest BCUT2D eigenvalue weighted by molar-refractivity contribution is 0.780.